The molecule has 0 aromatic rings. The maximum Gasteiger partial charge on any atom is 0.309 e. The lowest BCUT2D eigenvalue weighted by atomic mass is 9.90. The van der Waals surface area contributed by atoms with E-state index in [1.54, 1.807) is 0 Å². The normalized spacial score (nSPS) is 34.0. The van der Waals surface area contributed by atoms with E-state index in [0.717, 1.165) is 23.5 Å². The van der Waals surface area contributed by atoms with E-state index in [0.29, 0.717) is 0 Å². The summed E-state index contributed by atoms with van der Waals surface area (Å²) in [5.74, 6) is 5.13. The molecule has 4 atom stereocenters. The number of esters is 1. The molecule has 0 radical (unpaired) electrons. The molecule has 2 aliphatic rings. The molecule has 0 aromatic carbocycles. The minimum atomic E-state index is -0.0690. The van der Waals surface area contributed by atoms with Gasteiger partial charge in [0.05, 0.1) is 13.0 Å². The second kappa shape index (κ2) is 5.44. The first-order valence-electron chi connectivity index (χ1n) is 6.36. The Balaban J connectivity index is 1.63. The van der Waals surface area contributed by atoms with Gasteiger partial charge in [0, 0.05) is 5.75 Å². The second-order valence-electron chi connectivity index (χ2n) is 5.40. The van der Waals surface area contributed by atoms with Gasteiger partial charge in [-0.15, -0.1) is 0 Å². The summed E-state index contributed by atoms with van der Waals surface area (Å²) >= 11 is 1.94. The molecule has 92 valence electrons. The Morgan fingerprint density at radius 1 is 1.44 bits per heavy atom. The summed E-state index contributed by atoms with van der Waals surface area (Å²) in [6.45, 7) is 1.96. The fourth-order valence-electron chi connectivity index (χ4n) is 3.25. The summed E-state index contributed by atoms with van der Waals surface area (Å²) in [6, 6.07) is 0. The van der Waals surface area contributed by atoms with Crippen LogP contribution in [-0.2, 0) is 9.53 Å². The number of methoxy groups -OCH3 is 1. The zero-order chi connectivity index (χ0) is 11.5. The Morgan fingerprint density at radius 3 is 2.81 bits per heavy atom. The van der Waals surface area contributed by atoms with Crippen molar-refractivity contribution in [1.29, 1.82) is 0 Å². The van der Waals surface area contributed by atoms with Gasteiger partial charge in [-0.05, 0) is 42.8 Å². The SMILES string of the molecule is COC(=O)C(C)CSCC1CC2CCC1C2. The first-order valence-corrected chi connectivity index (χ1v) is 7.51. The van der Waals surface area contributed by atoms with Crippen LogP contribution in [0, 0.1) is 23.7 Å². The molecule has 0 N–H and O–H groups in total. The van der Waals surface area contributed by atoms with E-state index in [9.17, 15) is 4.79 Å². The van der Waals surface area contributed by atoms with Gasteiger partial charge >= 0.3 is 5.97 Å². The highest BCUT2D eigenvalue weighted by molar-refractivity contribution is 7.99. The minimum absolute atomic E-state index is 0.0496. The van der Waals surface area contributed by atoms with Gasteiger partial charge in [-0.1, -0.05) is 13.3 Å². The third-order valence-corrected chi connectivity index (χ3v) is 5.59. The second-order valence-corrected chi connectivity index (χ2v) is 6.47. The van der Waals surface area contributed by atoms with Crippen molar-refractivity contribution in [2.45, 2.75) is 32.6 Å². The predicted molar refractivity (Wildman–Crippen MR) is 67.4 cm³/mol. The lowest BCUT2D eigenvalue weighted by Gasteiger charge is -2.21. The van der Waals surface area contributed by atoms with Crippen molar-refractivity contribution in [2.24, 2.45) is 23.7 Å². The van der Waals surface area contributed by atoms with E-state index in [1.807, 2.05) is 18.7 Å². The monoisotopic (exact) mass is 242 g/mol. The third kappa shape index (κ3) is 2.73. The van der Waals surface area contributed by atoms with E-state index in [-0.39, 0.29) is 11.9 Å². The van der Waals surface area contributed by atoms with Gasteiger partial charge in [0.1, 0.15) is 0 Å². The number of hydrogen-bond acceptors (Lipinski definition) is 3. The number of hydrogen-bond donors (Lipinski definition) is 0. The zero-order valence-electron chi connectivity index (χ0n) is 10.3. The van der Waals surface area contributed by atoms with Crippen LogP contribution < -0.4 is 0 Å². The number of carbonyl (C=O) groups excluding carboxylic acids is 1. The number of fused-ring (bicyclic) bond motifs is 2. The Hall–Kier alpha value is -0.180. The fourth-order valence-corrected chi connectivity index (χ4v) is 4.58. The number of carbonyl (C=O) groups is 1. The van der Waals surface area contributed by atoms with Gasteiger partial charge in [-0.25, -0.2) is 0 Å². The van der Waals surface area contributed by atoms with Crippen LogP contribution in [0.1, 0.15) is 32.6 Å². The molecule has 0 saturated heterocycles. The van der Waals surface area contributed by atoms with Crippen molar-refractivity contribution < 1.29 is 9.53 Å². The summed E-state index contributed by atoms with van der Waals surface area (Å²) in [4.78, 5) is 11.2. The quantitative estimate of drug-likeness (QED) is 0.693. The summed E-state index contributed by atoms with van der Waals surface area (Å²) in [7, 11) is 1.47. The van der Waals surface area contributed by atoms with Crippen molar-refractivity contribution >= 4 is 17.7 Å². The van der Waals surface area contributed by atoms with Crippen LogP contribution in [0.25, 0.3) is 0 Å². The molecule has 4 unspecified atom stereocenters. The molecular weight excluding hydrogens is 220 g/mol. The maximum absolute atomic E-state index is 11.2. The largest absolute Gasteiger partial charge is 0.469 e. The van der Waals surface area contributed by atoms with Crippen molar-refractivity contribution in [2.75, 3.05) is 18.6 Å². The van der Waals surface area contributed by atoms with Gasteiger partial charge in [0.2, 0.25) is 0 Å². The highest BCUT2D eigenvalue weighted by Gasteiger charge is 2.39. The molecule has 16 heavy (non-hydrogen) atoms. The summed E-state index contributed by atoms with van der Waals surface area (Å²) in [5, 5.41) is 0. The average molecular weight is 242 g/mol. The smallest absolute Gasteiger partial charge is 0.309 e. The Kier molecular flexibility index (Phi) is 4.17. The fraction of sp³-hybridized carbons (Fsp3) is 0.923. The molecule has 2 aliphatic carbocycles. The zero-order valence-corrected chi connectivity index (χ0v) is 11.1. The topological polar surface area (TPSA) is 26.3 Å². The first kappa shape index (κ1) is 12.3. The van der Waals surface area contributed by atoms with Gasteiger partial charge in [0.25, 0.3) is 0 Å². The lowest BCUT2D eigenvalue weighted by molar-refractivity contribution is -0.143. The van der Waals surface area contributed by atoms with E-state index < -0.39 is 0 Å². The van der Waals surface area contributed by atoms with Crippen LogP contribution in [0.4, 0.5) is 0 Å². The standard InChI is InChI=1S/C13H22O2S/c1-9(13(14)15-2)7-16-8-12-6-10-3-4-11(12)5-10/h9-12H,3-8H2,1-2H3. The summed E-state index contributed by atoms with van der Waals surface area (Å²) < 4.78 is 4.73. The van der Waals surface area contributed by atoms with Crippen LogP contribution in [-0.4, -0.2) is 24.6 Å². The molecule has 2 bridgehead atoms. The van der Waals surface area contributed by atoms with Crippen LogP contribution in [0.2, 0.25) is 0 Å². The van der Waals surface area contributed by atoms with Gasteiger partial charge in [0.15, 0.2) is 0 Å². The Bertz CT molecular complexity index is 254. The molecule has 2 rings (SSSR count). The molecule has 3 heteroatoms. The van der Waals surface area contributed by atoms with E-state index in [4.69, 9.17) is 4.74 Å². The number of thioether (sulfide) groups is 1. The highest BCUT2D eigenvalue weighted by atomic mass is 32.2. The van der Waals surface area contributed by atoms with E-state index in [2.05, 4.69) is 0 Å². The maximum atomic E-state index is 11.2. The number of rotatable bonds is 5. The molecule has 0 amide bonds. The van der Waals surface area contributed by atoms with Crippen molar-refractivity contribution in [3.05, 3.63) is 0 Å². The molecular formula is C13H22O2S. The molecule has 0 aliphatic heterocycles. The molecule has 0 aromatic heterocycles. The van der Waals surface area contributed by atoms with Crippen LogP contribution in [0.15, 0.2) is 0 Å². The minimum Gasteiger partial charge on any atom is -0.469 e. The molecule has 2 fully saturated rings. The van der Waals surface area contributed by atoms with Crippen LogP contribution in [0.5, 0.6) is 0 Å². The summed E-state index contributed by atoms with van der Waals surface area (Å²) in [6.07, 6.45) is 5.87. The van der Waals surface area contributed by atoms with Crippen molar-refractivity contribution in [3.8, 4) is 0 Å². The van der Waals surface area contributed by atoms with Crippen LogP contribution >= 0.6 is 11.8 Å². The number of ether oxygens (including phenoxy) is 1. The van der Waals surface area contributed by atoms with Crippen molar-refractivity contribution in [3.63, 3.8) is 0 Å². The first-order chi connectivity index (χ1) is 7.70. The molecule has 2 saturated carbocycles. The highest BCUT2D eigenvalue weighted by Crippen LogP contribution is 2.49. The van der Waals surface area contributed by atoms with Gasteiger partial charge < -0.3 is 4.74 Å². The van der Waals surface area contributed by atoms with E-state index >= 15 is 0 Å². The van der Waals surface area contributed by atoms with Gasteiger partial charge in [-0.2, -0.15) is 11.8 Å². The molecule has 0 spiro atoms. The predicted octanol–water partition coefficient (Wildman–Crippen LogP) is 2.96. The van der Waals surface area contributed by atoms with Gasteiger partial charge in [-0.3, -0.25) is 4.79 Å². The van der Waals surface area contributed by atoms with E-state index in [1.165, 1.54) is 38.5 Å². The van der Waals surface area contributed by atoms with Crippen molar-refractivity contribution in [1.82, 2.24) is 0 Å². The molecule has 2 nitrogen and oxygen atoms in total. The molecule has 0 heterocycles. The average Bonchev–Trinajstić information content (AvgIpc) is 2.89. The summed E-state index contributed by atoms with van der Waals surface area (Å²) in [5.41, 5.74) is 0. The lowest BCUT2D eigenvalue weighted by Crippen LogP contribution is -2.17. The Labute approximate surface area is 103 Å². The Morgan fingerprint density at radius 2 is 2.25 bits per heavy atom. The third-order valence-electron chi connectivity index (χ3n) is 4.19. The van der Waals surface area contributed by atoms with Crippen LogP contribution in [0.3, 0.4) is 0 Å².